The number of fused-ring (bicyclic) bond motifs is 1. The standard InChI is InChI=1S/C11H10N2O4S/c12-9-5-1-4-8-7(9)3-2-6-10(8)18(15,16)17-11(13)14/h1-6H,12H2,(H2,13,14). The Morgan fingerprint density at radius 1 is 1.06 bits per heavy atom. The molecule has 0 aliphatic rings. The van der Waals surface area contributed by atoms with Crippen molar-refractivity contribution in [3.63, 3.8) is 0 Å². The summed E-state index contributed by atoms with van der Waals surface area (Å²) in [7, 11) is -4.23. The third-order valence-corrected chi connectivity index (χ3v) is 3.66. The maximum absolute atomic E-state index is 11.8. The van der Waals surface area contributed by atoms with Gasteiger partial charge in [0.05, 0.1) is 0 Å². The molecule has 2 aromatic rings. The summed E-state index contributed by atoms with van der Waals surface area (Å²) in [4.78, 5) is 10.4. The average molecular weight is 266 g/mol. The molecule has 0 atom stereocenters. The van der Waals surface area contributed by atoms with Crippen LogP contribution in [0.5, 0.6) is 0 Å². The normalized spacial score (nSPS) is 11.3. The van der Waals surface area contributed by atoms with Crippen LogP contribution in [0.4, 0.5) is 10.5 Å². The second kappa shape index (κ2) is 4.19. The van der Waals surface area contributed by atoms with Gasteiger partial charge in [-0.3, -0.25) is 0 Å². The molecule has 0 unspecified atom stereocenters. The molecule has 0 spiro atoms. The van der Waals surface area contributed by atoms with Crippen LogP contribution in [0.15, 0.2) is 41.3 Å². The first-order valence-corrected chi connectivity index (χ1v) is 6.34. The van der Waals surface area contributed by atoms with Gasteiger partial charge in [0.25, 0.3) is 0 Å². The van der Waals surface area contributed by atoms with Gasteiger partial charge in [0.15, 0.2) is 0 Å². The topological polar surface area (TPSA) is 112 Å². The summed E-state index contributed by atoms with van der Waals surface area (Å²) in [6.07, 6.45) is -1.38. The van der Waals surface area contributed by atoms with Gasteiger partial charge in [0.1, 0.15) is 4.90 Å². The molecule has 0 heterocycles. The fraction of sp³-hybridized carbons (Fsp3) is 0. The lowest BCUT2D eigenvalue weighted by atomic mass is 10.1. The molecule has 0 bridgehead atoms. The molecule has 1 amide bonds. The summed E-state index contributed by atoms with van der Waals surface area (Å²) in [5.74, 6) is 0. The number of hydrogen-bond acceptors (Lipinski definition) is 5. The molecule has 0 saturated carbocycles. The van der Waals surface area contributed by atoms with Crippen LogP contribution in [0.1, 0.15) is 0 Å². The molecule has 2 aromatic carbocycles. The number of nitrogens with two attached hydrogens (primary N) is 2. The van der Waals surface area contributed by atoms with Crippen LogP contribution in [0.3, 0.4) is 0 Å². The first-order chi connectivity index (χ1) is 8.42. The van der Waals surface area contributed by atoms with Crippen molar-refractivity contribution in [1.82, 2.24) is 0 Å². The number of benzene rings is 2. The lowest BCUT2D eigenvalue weighted by molar-refractivity contribution is 0.213. The highest BCUT2D eigenvalue weighted by molar-refractivity contribution is 7.87. The van der Waals surface area contributed by atoms with E-state index in [4.69, 9.17) is 11.5 Å². The van der Waals surface area contributed by atoms with Gasteiger partial charge in [-0.25, -0.2) is 4.79 Å². The maximum Gasteiger partial charge on any atom is 0.420 e. The number of anilines is 1. The van der Waals surface area contributed by atoms with Crippen LogP contribution in [0, 0.1) is 0 Å². The Morgan fingerprint density at radius 2 is 1.67 bits per heavy atom. The second-order valence-corrected chi connectivity index (χ2v) is 5.07. The van der Waals surface area contributed by atoms with Gasteiger partial charge in [-0.1, -0.05) is 24.3 Å². The van der Waals surface area contributed by atoms with Crippen molar-refractivity contribution in [3.8, 4) is 0 Å². The minimum absolute atomic E-state index is 0.147. The van der Waals surface area contributed by atoms with Crippen LogP contribution >= 0.6 is 0 Å². The van der Waals surface area contributed by atoms with Crippen LogP contribution in [-0.4, -0.2) is 14.5 Å². The number of nitrogen functional groups attached to an aromatic ring is 1. The quantitative estimate of drug-likeness (QED) is 0.626. The monoisotopic (exact) mass is 266 g/mol. The summed E-state index contributed by atoms with van der Waals surface area (Å²) >= 11 is 0. The first-order valence-electron chi connectivity index (χ1n) is 4.93. The van der Waals surface area contributed by atoms with Crippen molar-refractivity contribution < 1.29 is 17.4 Å². The summed E-state index contributed by atoms with van der Waals surface area (Å²) in [5, 5.41) is 0.936. The van der Waals surface area contributed by atoms with Crippen molar-refractivity contribution in [2.45, 2.75) is 4.90 Å². The molecule has 2 rings (SSSR count). The summed E-state index contributed by atoms with van der Waals surface area (Å²) < 4.78 is 27.7. The van der Waals surface area contributed by atoms with Gasteiger partial charge >= 0.3 is 16.2 Å². The molecule has 6 nitrogen and oxygen atoms in total. The van der Waals surface area contributed by atoms with E-state index in [9.17, 15) is 13.2 Å². The van der Waals surface area contributed by atoms with E-state index in [0.29, 0.717) is 16.5 Å². The van der Waals surface area contributed by atoms with Crippen molar-refractivity contribution in [2.24, 2.45) is 5.73 Å². The number of carbonyl (C=O) groups is 1. The molecular weight excluding hydrogens is 256 g/mol. The zero-order valence-corrected chi connectivity index (χ0v) is 9.98. The van der Waals surface area contributed by atoms with E-state index in [1.54, 1.807) is 24.3 Å². The van der Waals surface area contributed by atoms with Crippen LogP contribution in [0.25, 0.3) is 10.8 Å². The number of hydrogen-bond donors (Lipinski definition) is 2. The largest absolute Gasteiger partial charge is 0.420 e. The Kier molecular flexibility index (Phi) is 2.84. The summed E-state index contributed by atoms with van der Waals surface area (Å²) in [6.45, 7) is 0. The van der Waals surface area contributed by atoms with Gasteiger partial charge in [-0.05, 0) is 12.1 Å². The SMILES string of the molecule is NC(=O)OS(=O)(=O)c1cccc2c(N)cccc12. The minimum atomic E-state index is -4.23. The second-order valence-electron chi connectivity index (χ2n) is 3.56. The zero-order valence-electron chi connectivity index (χ0n) is 9.16. The van der Waals surface area contributed by atoms with E-state index in [2.05, 4.69) is 4.18 Å². The molecule has 0 aliphatic heterocycles. The highest BCUT2D eigenvalue weighted by atomic mass is 32.2. The number of primary amides is 1. The maximum atomic E-state index is 11.8. The molecule has 0 aromatic heterocycles. The molecule has 94 valence electrons. The van der Waals surface area contributed by atoms with Gasteiger partial charge in [-0.2, -0.15) is 8.42 Å². The van der Waals surface area contributed by atoms with E-state index in [0.717, 1.165) is 0 Å². The van der Waals surface area contributed by atoms with Crippen molar-refractivity contribution in [1.29, 1.82) is 0 Å². The Hall–Kier alpha value is -2.28. The van der Waals surface area contributed by atoms with E-state index in [1.165, 1.54) is 12.1 Å². The van der Waals surface area contributed by atoms with Crippen molar-refractivity contribution >= 4 is 32.7 Å². The highest BCUT2D eigenvalue weighted by Gasteiger charge is 2.21. The third kappa shape index (κ3) is 2.07. The third-order valence-electron chi connectivity index (χ3n) is 2.38. The van der Waals surface area contributed by atoms with E-state index >= 15 is 0 Å². The van der Waals surface area contributed by atoms with E-state index in [-0.39, 0.29) is 4.90 Å². The molecule has 18 heavy (non-hydrogen) atoms. The molecule has 7 heteroatoms. The van der Waals surface area contributed by atoms with Gasteiger partial charge in [0.2, 0.25) is 0 Å². The van der Waals surface area contributed by atoms with Crippen molar-refractivity contribution in [2.75, 3.05) is 5.73 Å². The van der Waals surface area contributed by atoms with Gasteiger partial charge in [0, 0.05) is 16.5 Å². The molecular formula is C11H10N2O4S. The Balaban J connectivity index is 2.73. The van der Waals surface area contributed by atoms with E-state index < -0.39 is 16.2 Å². The fourth-order valence-corrected chi connectivity index (χ4v) is 2.68. The zero-order chi connectivity index (χ0) is 13.3. The van der Waals surface area contributed by atoms with Crippen LogP contribution in [-0.2, 0) is 14.3 Å². The lowest BCUT2D eigenvalue weighted by Gasteiger charge is -2.08. The molecule has 0 radical (unpaired) electrons. The number of amides is 1. The lowest BCUT2D eigenvalue weighted by Crippen LogP contribution is -2.19. The highest BCUT2D eigenvalue weighted by Crippen LogP contribution is 2.27. The molecule has 0 fully saturated rings. The van der Waals surface area contributed by atoms with E-state index in [1.807, 2.05) is 0 Å². The Morgan fingerprint density at radius 3 is 2.33 bits per heavy atom. The van der Waals surface area contributed by atoms with Gasteiger partial charge in [-0.15, -0.1) is 0 Å². The Bertz CT molecular complexity index is 725. The number of carbonyl (C=O) groups excluding carboxylic acids is 1. The smallest absolute Gasteiger partial charge is 0.398 e. The summed E-state index contributed by atoms with van der Waals surface area (Å²) in [6, 6.07) is 9.33. The fourth-order valence-electron chi connectivity index (χ4n) is 1.68. The minimum Gasteiger partial charge on any atom is -0.398 e. The molecule has 4 N–H and O–H groups in total. The molecule has 0 saturated heterocycles. The van der Waals surface area contributed by atoms with Crippen LogP contribution in [0.2, 0.25) is 0 Å². The average Bonchev–Trinajstić information content (AvgIpc) is 2.27. The Labute approximate surface area is 103 Å². The number of rotatable bonds is 2. The van der Waals surface area contributed by atoms with Crippen LogP contribution < -0.4 is 11.5 Å². The first kappa shape index (κ1) is 12.2. The summed E-state index contributed by atoms with van der Waals surface area (Å²) in [5.41, 5.74) is 10.9. The van der Waals surface area contributed by atoms with Gasteiger partial charge < -0.3 is 15.7 Å². The van der Waals surface area contributed by atoms with Crippen molar-refractivity contribution in [3.05, 3.63) is 36.4 Å². The predicted octanol–water partition coefficient (Wildman–Crippen LogP) is 1.21. The molecule has 0 aliphatic carbocycles. The predicted molar refractivity (Wildman–Crippen MR) is 66.2 cm³/mol.